The summed E-state index contributed by atoms with van der Waals surface area (Å²) in [5.74, 6) is 0.291. The highest BCUT2D eigenvalue weighted by molar-refractivity contribution is 14.0. The van der Waals surface area contributed by atoms with Crippen LogP contribution in [-0.4, -0.2) is 55.4 Å². The van der Waals surface area contributed by atoms with E-state index in [2.05, 4.69) is 32.8 Å². The number of rotatable bonds is 4. The van der Waals surface area contributed by atoms with Gasteiger partial charge in [-0.1, -0.05) is 22.0 Å². The molecule has 5 nitrogen and oxygen atoms in total. The molecular weight excluding hydrogens is 502 g/mol. The van der Waals surface area contributed by atoms with Crippen LogP contribution in [0.3, 0.4) is 0 Å². The second-order valence-corrected chi connectivity index (χ2v) is 6.61. The van der Waals surface area contributed by atoms with Gasteiger partial charge in [0.1, 0.15) is 12.4 Å². The quantitative estimate of drug-likeness (QED) is 0.285. The van der Waals surface area contributed by atoms with E-state index in [1.54, 1.807) is 26.2 Å². The van der Waals surface area contributed by atoms with Crippen LogP contribution >= 0.6 is 39.9 Å². The van der Waals surface area contributed by atoms with Crippen molar-refractivity contribution in [2.24, 2.45) is 4.99 Å². The van der Waals surface area contributed by atoms with Crippen LogP contribution < -0.4 is 5.32 Å². The predicted molar refractivity (Wildman–Crippen MR) is 113 cm³/mol. The molecule has 0 bridgehead atoms. The number of hydrogen-bond donors (Lipinski definition) is 1. The van der Waals surface area contributed by atoms with Gasteiger partial charge < -0.3 is 15.1 Å². The lowest BCUT2D eigenvalue weighted by molar-refractivity contribution is -0.127. The molecule has 1 aromatic carbocycles. The number of nitrogens with zero attached hydrogens (tertiary/aromatic N) is 3. The summed E-state index contributed by atoms with van der Waals surface area (Å²) in [6, 6.07) is 3.21. The molecule has 0 aromatic heterocycles. The van der Waals surface area contributed by atoms with E-state index in [1.807, 2.05) is 4.90 Å². The highest BCUT2D eigenvalue weighted by Gasteiger charge is 2.23. The Bertz CT molecular complexity index is 666. The summed E-state index contributed by atoms with van der Waals surface area (Å²) in [6.07, 6.45) is 2.43. The number of carbonyl (C=O) groups excluding carboxylic acids is 1. The first-order chi connectivity index (χ1) is 11.4. The van der Waals surface area contributed by atoms with Gasteiger partial charge in [0, 0.05) is 43.8 Å². The molecule has 0 fully saturated rings. The van der Waals surface area contributed by atoms with E-state index in [1.165, 1.54) is 11.0 Å². The van der Waals surface area contributed by atoms with Gasteiger partial charge in [0.05, 0.1) is 0 Å². The van der Waals surface area contributed by atoms with Crippen LogP contribution in [0.1, 0.15) is 11.1 Å². The van der Waals surface area contributed by atoms with Gasteiger partial charge in [0.2, 0.25) is 5.91 Å². The number of amides is 1. The smallest absolute Gasteiger partial charge is 0.243 e. The Labute approximate surface area is 173 Å². The Morgan fingerprint density at radius 2 is 2.20 bits per heavy atom. The van der Waals surface area contributed by atoms with Crippen molar-refractivity contribution in [1.29, 1.82) is 0 Å². The summed E-state index contributed by atoms with van der Waals surface area (Å²) in [6.45, 7) is 5.38. The topological polar surface area (TPSA) is 47.9 Å². The van der Waals surface area contributed by atoms with Crippen molar-refractivity contribution in [3.05, 3.63) is 46.2 Å². The van der Waals surface area contributed by atoms with Crippen LogP contribution in [0.25, 0.3) is 0 Å². The van der Waals surface area contributed by atoms with Crippen LogP contribution in [0.15, 0.2) is 34.3 Å². The maximum atomic E-state index is 14.2. The van der Waals surface area contributed by atoms with E-state index in [0.717, 1.165) is 10.0 Å². The zero-order valence-corrected chi connectivity index (χ0v) is 18.3. The van der Waals surface area contributed by atoms with E-state index in [4.69, 9.17) is 0 Å². The van der Waals surface area contributed by atoms with Crippen LogP contribution in [0.4, 0.5) is 4.39 Å². The van der Waals surface area contributed by atoms with Crippen LogP contribution in [-0.2, 0) is 17.8 Å². The molecule has 0 aliphatic carbocycles. The Morgan fingerprint density at radius 3 is 2.84 bits per heavy atom. The third kappa shape index (κ3) is 5.67. The minimum Gasteiger partial charge on any atom is -0.353 e. The molecule has 138 valence electrons. The molecule has 0 saturated heterocycles. The van der Waals surface area contributed by atoms with E-state index < -0.39 is 0 Å². The van der Waals surface area contributed by atoms with E-state index >= 15 is 0 Å². The zero-order valence-electron chi connectivity index (χ0n) is 14.4. The molecule has 1 N–H and O–H groups in total. The lowest BCUT2D eigenvalue weighted by Crippen LogP contribution is -2.45. The fourth-order valence-electron chi connectivity index (χ4n) is 2.49. The van der Waals surface area contributed by atoms with Crippen LogP contribution in [0.5, 0.6) is 0 Å². The fourth-order valence-corrected chi connectivity index (χ4v) is 3.06. The SMILES string of the molecule is C=CCNC(=NCC(=O)N(C)C)N1CCc2c(Br)ccc(F)c2C1.I. The number of carbonyl (C=O) groups is 1. The molecule has 1 heterocycles. The minimum absolute atomic E-state index is 0. The van der Waals surface area contributed by atoms with E-state index in [-0.39, 0.29) is 42.2 Å². The Balaban J connectivity index is 0.00000312. The number of nitrogens with one attached hydrogen (secondary N) is 1. The third-order valence-electron chi connectivity index (χ3n) is 3.86. The summed E-state index contributed by atoms with van der Waals surface area (Å²) < 4.78 is 15.1. The minimum atomic E-state index is -0.217. The van der Waals surface area contributed by atoms with Crippen molar-refractivity contribution in [3.8, 4) is 0 Å². The second-order valence-electron chi connectivity index (χ2n) is 5.76. The van der Waals surface area contributed by atoms with Crippen LogP contribution in [0.2, 0.25) is 0 Å². The molecule has 25 heavy (non-hydrogen) atoms. The van der Waals surface area contributed by atoms with Gasteiger partial charge in [-0.15, -0.1) is 30.6 Å². The van der Waals surface area contributed by atoms with Gasteiger partial charge in [-0.2, -0.15) is 0 Å². The number of fused-ring (bicyclic) bond motifs is 1. The molecular formula is C17H23BrFIN4O. The largest absolute Gasteiger partial charge is 0.353 e. The number of halogens is 3. The maximum absolute atomic E-state index is 14.2. The number of aliphatic imine (C=N–C) groups is 1. The molecule has 1 aliphatic rings. The van der Waals surface area contributed by atoms with Crippen molar-refractivity contribution in [2.45, 2.75) is 13.0 Å². The summed E-state index contributed by atoms with van der Waals surface area (Å²) in [5, 5.41) is 3.15. The average molecular weight is 525 g/mol. The summed E-state index contributed by atoms with van der Waals surface area (Å²) in [5.41, 5.74) is 1.67. The molecule has 1 amide bonds. The molecule has 1 aliphatic heterocycles. The fraction of sp³-hybridized carbons (Fsp3) is 0.412. The summed E-state index contributed by atoms with van der Waals surface area (Å²) in [4.78, 5) is 19.6. The van der Waals surface area contributed by atoms with Gasteiger partial charge in [0.25, 0.3) is 0 Å². The first kappa shape index (κ1) is 21.9. The zero-order chi connectivity index (χ0) is 17.7. The molecule has 0 atom stereocenters. The molecule has 1 aromatic rings. The van der Waals surface area contributed by atoms with Crippen LogP contribution in [0, 0.1) is 5.82 Å². The lowest BCUT2D eigenvalue weighted by Gasteiger charge is -2.32. The molecule has 0 spiro atoms. The molecule has 8 heteroatoms. The number of guanidine groups is 1. The standard InChI is InChI=1S/C17H22BrFN4O.HI/c1-4-8-20-17(21-10-16(24)22(2)3)23-9-7-12-13(11-23)15(19)6-5-14(12)18;/h4-6H,1,7-11H2,2-3H3,(H,20,21);1H. The van der Waals surface area contributed by atoms with E-state index in [9.17, 15) is 9.18 Å². The third-order valence-corrected chi connectivity index (χ3v) is 4.61. The number of hydrogen-bond acceptors (Lipinski definition) is 2. The highest BCUT2D eigenvalue weighted by Crippen LogP contribution is 2.28. The van der Waals surface area contributed by atoms with E-state index in [0.29, 0.717) is 37.6 Å². The van der Waals surface area contributed by atoms with Gasteiger partial charge >= 0.3 is 0 Å². The monoisotopic (exact) mass is 524 g/mol. The van der Waals surface area contributed by atoms with Crippen molar-refractivity contribution in [1.82, 2.24) is 15.1 Å². The Hall–Kier alpha value is -1.16. The number of benzene rings is 1. The van der Waals surface area contributed by atoms with Gasteiger partial charge in [-0.05, 0) is 24.1 Å². The molecule has 2 rings (SSSR count). The van der Waals surface area contributed by atoms with Gasteiger partial charge in [-0.25, -0.2) is 9.38 Å². The van der Waals surface area contributed by atoms with Gasteiger partial charge in [-0.3, -0.25) is 4.79 Å². The summed E-state index contributed by atoms with van der Waals surface area (Å²) >= 11 is 3.49. The molecule has 0 radical (unpaired) electrons. The maximum Gasteiger partial charge on any atom is 0.243 e. The lowest BCUT2D eigenvalue weighted by atomic mass is 9.99. The van der Waals surface area contributed by atoms with Gasteiger partial charge in [0.15, 0.2) is 5.96 Å². The first-order valence-electron chi connectivity index (χ1n) is 7.74. The van der Waals surface area contributed by atoms with Crippen molar-refractivity contribution < 1.29 is 9.18 Å². The van der Waals surface area contributed by atoms with Crippen molar-refractivity contribution in [3.63, 3.8) is 0 Å². The van der Waals surface area contributed by atoms with Crippen molar-refractivity contribution >= 4 is 51.8 Å². The average Bonchev–Trinajstić information content (AvgIpc) is 2.57. The Morgan fingerprint density at radius 1 is 1.48 bits per heavy atom. The number of likely N-dealkylation sites (N-methyl/N-ethyl adjacent to an activating group) is 1. The molecule has 0 unspecified atom stereocenters. The normalized spacial score (nSPS) is 13.6. The highest BCUT2D eigenvalue weighted by atomic mass is 127. The molecule has 0 saturated carbocycles. The first-order valence-corrected chi connectivity index (χ1v) is 8.53. The summed E-state index contributed by atoms with van der Waals surface area (Å²) in [7, 11) is 3.39. The second kappa shape index (κ2) is 10.1. The van der Waals surface area contributed by atoms with Crippen molar-refractivity contribution in [2.75, 3.05) is 33.7 Å². The predicted octanol–water partition coefficient (Wildman–Crippen LogP) is 2.78. The Kier molecular flexibility index (Phi) is 8.84.